The Hall–Kier alpha value is -2.99. The zero-order valence-corrected chi connectivity index (χ0v) is 9.65. The SMILES string of the molecule is N#CC(C#N)=C(C#N)Nc1ccc(Cl)cc1C#N. The van der Waals surface area contributed by atoms with Crippen LogP contribution in [0.25, 0.3) is 0 Å². The molecule has 84 valence electrons. The molecule has 0 aromatic heterocycles. The van der Waals surface area contributed by atoms with E-state index < -0.39 is 0 Å². The fourth-order valence-electron chi connectivity index (χ4n) is 1.14. The first kappa shape index (κ1) is 13.1. The number of rotatable bonds is 2. The number of hydrogen-bond acceptors (Lipinski definition) is 5. The van der Waals surface area contributed by atoms with Gasteiger partial charge in [-0.25, -0.2) is 0 Å². The summed E-state index contributed by atoms with van der Waals surface area (Å²) in [5.41, 5.74) is -0.0397. The molecule has 1 aromatic rings. The molecule has 0 amide bonds. The number of nitrogens with zero attached hydrogens (tertiary/aromatic N) is 4. The summed E-state index contributed by atoms with van der Waals surface area (Å²) in [6, 6.07) is 11.2. The quantitative estimate of drug-likeness (QED) is 0.815. The Kier molecular flexibility index (Phi) is 4.30. The summed E-state index contributed by atoms with van der Waals surface area (Å²) in [5.74, 6) is 0. The average Bonchev–Trinajstić information content (AvgIpc) is 2.40. The summed E-state index contributed by atoms with van der Waals surface area (Å²) in [6.07, 6.45) is 0. The predicted octanol–water partition coefficient (Wildman–Crippen LogP) is 2.45. The molecular weight excluding hydrogens is 250 g/mol. The molecule has 0 aliphatic heterocycles. The van der Waals surface area contributed by atoms with E-state index in [2.05, 4.69) is 5.32 Å². The molecule has 0 spiro atoms. The molecule has 0 bridgehead atoms. The van der Waals surface area contributed by atoms with Gasteiger partial charge in [-0.15, -0.1) is 0 Å². The van der Waals surface area contributed by atoms with Gasteiger partial charge in [0.25, 0.3) is 0 Å². The number of hydrogen-bond donors (Lipinski definition) is 1. The van der Waals surface area contributed by atoms with E-state index in [0.717, 1.165) is 0 Å². The summed E-state index contributed by atoms with van der Waals surface area (Å²) in [7, 11) is 0. The predicted molar refractivity (Wildman–Crippen MR) is 63.7 cm³/mol. The van der Waals surface area contributed by atoms with Crippen LogP contribution in [0.15, 0.2) is 29.5 Å². The molecular formula is C12H4ClN5. The molecule has 0 radical (unpaired) electrons. The molecule has 1 N–H and O–H groups in total. The monoisotopic (exact) mass is 253 g/mol. The van der Waals surface area contributed by atoms with E-state index in [1.54, 1.807) is 18.2 Å². The molecule has 0 atom stereocenters. The van der Waals surface area contributed by atoms with Crippen LogP contribution in [0.1, 0.15) is 5.56 Å². The van der Waals surface area contributed by atoms with Gasteiger partial charge in [0.05, 0.1) is 11.3 Å². The minimum Gasteiger partial charge on any atom is -0.344 e. The maximum atomic E-state index is 8.90. The summed E-state index contributed by atoms with van der Waals surface area (Å²) in [4.78, 5) is 0. The van der Waals surface area contributed by atoms with E-state index in [1.165, 1.54) is 18.2 Å². The van der Waals surface area contributed by atoms with Gasteiger partial charge in [0, 0.05) is 5.02 Å². The van der Waals surface area contributed by atoms with Crippen LogP contribution in [-0.2, 0) is 0 Å². The lowest BCUT2D eigenvalue weighted by Crippen LogP contribution is -2.02. The minimum absolute atomic E-state index is 0.209. The molecule has 0 saturated heterocycles. The van der Waals surface area contributed by atoms with E-state index in [9.17, 15) is 0 Å². The van der Waals surface area contributed by atoms with Gasteiger partial charge in [-0.05, 0) is 18.2 Å². The van der Waals surface area contributed by atoms with Gasteiger partial charge < -0.3 is 5.32 Å². The summed E-state index contributed by atoms with van der Waals surface area (Å²) < 4.78 is 0. The van der Waals surface area contributed by atoms with Crippen LogP contribution in [0.5, 0.6) is 0 Å². The molecule has 0 aliphatic carbocycles. The topological polar surface area (TPSA) is 107 Å². The van der Waals surface area contributed by atoms with E-state index in [4.69, 9.17) is 32.6 Å². The van der Waals surface area contributed by atoms with Crippen molar-refractivity contribution < 1.29 is 0 Å². The first-order valence-electron chi connectivity index (χ1n) is 4.57. The first-order valence-corrected chi connectivity index (χ1v) is 4.95. The van der Waals surface area contributed by atoms with Crippen molar-refractivity contribution in [2.75, 3.05) is 5.32 Å². The summed E-state index contributed by atoms with van der Waals surface area (Å²) >= 11 is 5.72. The molecule has 18 heavy (non-hydrogen) atoms. The molecule has 0 heterocycles. The number of benzene rings is 1. The van der Waals surface area contributed by atoms with Crippen LogP contribution in [0, 0.1) is 45.3 Å². The second-order valence-corrected chi connectivity index (χ2v) is 3.45. The Balaban J connectivity index is 3.26. The van der Waals surface area contributed by atoms with Crippen molar-refractivity contribution >= 4 is 17.3 Å². The average molecular weight is 254 g/mol. The van der Waals surface area contributed by atoms with Gasteiger partial charge in [-0.3, -0.25) is 0 Å². The minimum atomic E-state index is -0.351. The Bertz CT molecular complexity index is 660. The lowest BCUT2D eigenvalue weighted by Gasteiger charge is -2.06. The summed E-state index contributed by atoms with van der Waals surface area (Å²) in [5, 5.41) is 38.0. The van der Waals surface area contributed by atoms with Crippen molar-refractivity contribution in [1.82, 2.24) is 0 Å². The van der Waals surface area contributed by atoms with Crippen LogP contribution in [0.3, 0.4) is 0 Å². The van der Waals surface area contributed by atoms with Crippen molar-refractivity contribution in [2.45, 2.75) is 0 Å². The van der Waals surface area contributed by atoms with Crippen molar-refractivity contribution in [2.24, 2.45) is 0 Å². The summed E-state index contributed by atoms with van der Waals surface area (Å²) in [6.45, 7) is 0. The number of halogens is 1. The highest BCUT2D eigenvalue weighted by atomic mass is 35.5. The number of anilines is 1. The normalized spacial score (nSPS) is 8.06. The third kappa shape index (κ3) is 2.77. The molecule has 1 aromatic carbocycles. The Morgan fingerprint density at radius 2 is 1.72 bits per heavy atom. The largest absolute Gasteiger partial charge is 0.344 e. The van der Waals surface area contributed by atoms with Crippen molar-refractivity contribution in [1.29, 1.82) is 21.0 Å². The fourth-order valence-corrected chi connectivity index (χ4v) is 1.31. The first-order chi connectivity index (χ1) is 8.65. The van der Waals surface area contributed by atoms with E-state index in [0.29, 0.717) is 10.7 Å². The number of nitriles is 4. The molecule has 0 aliphatic rings. The maximum Gasteiger partial charge on any atom is 0.163 e. The second-order valence-electron chi connectivity index (χ2n) is 3.01. The third-order valence-corrected chi connectivity index (χ3v) is 2.18. The standard InChI is InChI=1S/C12H4ClN5/c13-10-1-2-11(8(3-10)4-14)18-12(7-17)9(5-15)6-16/h1-3,18H. The van der Waals surface area contributed by atoms with Crippen molar-refractivity contribution in [3.63, 3.8) is 0 Å². The molecule has 1 rings (SSSR count). The van der Waals surface area contributed by atoms with E-state index >= 15 is 0 Å². The Morgan fingerprint density at radius 1 is 1.06 bits per heavy atom. The molecule has 5 nitrogen and oxygen atoms in total. The lowest BCUT2D eigenvalue weighted by atomic mass is 10.1. The van der Waals surface area contributed by atoms with Crippen LogP contribution < -0.4 is 5.32 Å². The highest BCUT2D eigenvalue weighted by Crippen LogP contribution is 2.21. The highest BCUT2D eigenvalue weighted by Gasteiger charge is 2.09. The van der Waals surface area contributed by atoms with Crippen molar-refractivity contribution in [3.8, 4) is 24.3 Å². The van der Waals surface area contributed by atoms with Crippen LogP contribution in [0.2, 0.25) is 5.02 Å². The highest BCUT2D eigenvalue weighted by molar-refractivity contribution is 6.30. The zero-order chi connectivity index (χ0) is 13.5. The number of allylic oxidation sites excluding steroid dienone is 2. The van der Waals surface area contributed by atoms with Crippen LogP contribution in [-0.4, -0.2) is 0 Å². The lowest BCUT2D eigenvalue weighted by molar-refractivity contribution is 1.36. The van der Waals surface area contributed by atoms with Gasteiger partial charge in [0.2, 0.25) is 0 Å². The molecule has 0 saturated carbocycles. The van der Waals surface area contributed by atoms with Gasteiger partial charge in [0.1, 0.15) is 30.0 Å². The van der Waals surface area contributed by atoms with Crippen molar-refractivity contribution in [3.05, 3.63) is 40.1 Å². The smallest absolute Gasteiger partial charge is 0.163 e. The van der Waals surface area contributed by atoms with Gasteiger partial charge >= 0.3 is 0 Å². The number of nitrogens with one attached hydrogen (secondary N) is 1. The van der Waals surface area contributed by atoms with E-state index in [1.807, 2.05) is 6.07 Å². The van der Waals surface area contributed by atoms with E-state index in [-0.39, 0.29) is 16.8 Å². The van der Waals surface area contributed by atoms with Gasteiger partial charge in [0.15, 0.2) is 5.57 Å². The fraction of sp³-hybridized carbons (Fsp3) is 0. The molecule has 6 heteroatoms. The second kappa shape index (κ2) is 5.92. The third-order valence-electron chi connectivity index (χ3n) is 1.95. The zero-order valence-electron chi connectivity index (χ0n) is 8.90. The Morgan fingerprint density at radius 3 is 2.22 bits per heavy atom. The Labute approximate surface area is 108 Å². The molecule has 0 unspecified atom stereocenters. The van der Waals surface area contributed by atoms with Gasteiger partial charge in [-0.2, -0.15) is 21.0 Å². The maximum absolute atomic E-state index is 8.90. The molecule has 0 fully saturated rings. The van der Waals surface area contributed by atoms with Crippen LogP contribution >= 0.6 is 11.6 Å². The van der Waals surface area contributed by atoms with Crippen LogP contribution in [0.4, 0.5) is 5.69 Å². The van der Waals surface area contributed by atoms with Gasteiger partial charge in [-0.1, -0.05) is 11.6 Å².